The van der Waals surface area contributed by atoms with E-state index in [-0.39, 0.29) is 6.04 Å². The van der Waals surface area contributed by atoms with Gasteiger partial charge in [-0.15, -0.1) is 0 Å². The topological polar surface area (TPSA) is 87.4 Å². The fourth-order valence-corrected chi connectivity index (χ4v) is 2.11. The second-order valence-electron chi connectivity index (χ2n) is 4.76. The molecular formula is C16H14N6. The largest absolute Gasteiger partial charge is 0.354 e. The molecule has 0 spiro atoms. The smallest absolute Gasteiger partial charge is 0.162 e. The molecule has 0 saturated carbocycles. The summed E-state index contributed by atoms with van der Waals surface area (Å²) in [6.07, 6.45) is 7.47. The molecule has 3 aromatic rings. The maximum atomic E-state index is 9.17. The summed E-state index contributed by atoms with van der Waals surface area (Å²) < 4.78 is 0. The minimum Gasteiger partial charge on any atom is -0.354 e. The average Bonchev–Trinajstić information content (AvgIpc) is 2.60. The Kier molecular flexibility index (Phi) is 3.88. The van der Waals surface area contributed by atoms with Gasteiger partial charge in [-0.1, -0.05) is 6.92 Å². The summed E-state index contributed by atoms with van der Waals surface area (Å²) >= 11 is 0. The summed E-state index contributed by atoms with van der Waals surface area (Å²) in [6.45, 7) is 1.95. The van der Waals surface area contributed by atoms with Gasteiger partial charge in [0, 0.05) is 29.5 Å². The maximum Gasteiger partial charge on any atom is 0.162 e. The Labute approximate surface area is 127 Å². The maximum absolute atomic E-state index is 9.17. The summed E-state index contributed by atoms with van der Waals surface area (Å²) in [5.74, 6) is 1.23. The van der Waals surface area contributed by atoms with Crippen molar-refractivity contribution in [3.63, 3.8) is 0 Å². The van der Waals surface area contributed by atoms with Crippen LogP contribution in [0.3, 0.4) is 0 Å². The highest BCUT2D eigenvalue weighted by Gasteiger charge is 2.12. The van der Waals surface area contributed by atoms with E-state index in [2.05, 4.69) is 31.3 Å². The van der Waals surface area contributed by atoms with Crippen LogP contribution in [-0.2, 0) is 0 Å². The Bertz CT molecular complexity index is 825. The normalized spacial score (nSPS) is 11.8. The second-order valence-corrected chi connectivity index (χ2v) is 4.76. The Morgan fingerprint density at radius 2 is 1.91 bits per heavy atom. The molecular weight excluding hydrogens is 276 g/mol. The van der Waals surface area contributed by atoms with E-state index in [9.17, 15) is 0 Å². The van der Waals surface area contributed by atoms with Crippen molar-refractivity contribution in [3.8, 4) is 17.5 Å². The van der Waals surface area contributed by atoms with Gasteiger partial charge < -0.3 is 5.32 Å². The molecule has 0 amide bonds. The van der Waals surface area contributed by atoms with Crippen LogP contribution in [0.4, 0.5) is 5.82 Å². The van der Waals surface area contributed by atoms with E-state index in [1.165, 1.54) is 0 Å². The zero-order chi connectivity index (χ0) is 15.4. The molecule has 6 heteroatoms. The van der Waals surface area contributed by atoms with E-state index in [0.717, 1.165) is 16.5 Å². The first-order chi connectivity index (χ1) is 10.8. The van der Waals surface area contributed by atoms with Crippen LogP contribution in [0.2, 0.25) is 0 Å². The van der Waals surface area contributed by atoms with Gasteiger partial charge in [-0.25, -0.2) is 9.97 Å². The molecule has 1 atom stereocenters. The van der Waals surface area contributed by atoms with Crippen LogP contribution in [-0.4, -0.2) is 26.0 Å². The fourth-order valence-electron chi connectivity index (χ4n) is 2.11. The molecule has 3 aromatic heterocycles. The lowest BCUT2D eigenvalue weighted by Gasteiger charge is -2.13. The Hall–Kier alpha value is -3.07. The molecule has 0 fully saturated rings. The van der Waals surface area contributed by atoms with Crippen molar-refractivity contribution in [1.82, 2.24) is 19.9 Å². The van der Waals surface area contributed by atoms with Gasteiger partial charge in [-0.3, -0.25) is 9.97 Å². The lowest BCUT2D eigenvalue weighted by molar-refractivity contribution is 0.840. The number of pyridine rings is 2. The number of hydrogen-bond acceptors (Lipinski definition) is 6. The fraction of sp³-hybridized carbons (Fsp3) is 0.188. The van der Waals surface area contributed by atoms with Crippen LogP contribution in [0, 0.1) is 11.3 Å². The Morgan fingerprint density at radius 3 is 2.64 bits per heavy atom. The van der Waals surface area contributed by atoms with E-state index in [4.69, 9.17) is 5.26 Å². The second kappa shape index (κ2) is 6.14. The third-order valence-electron chi connectivity index (χ3n) is 3.31. The third-order valence-corrected chi connectivity index (χ3v) is 3.31. The number of fused-ring (bicyclic) bond motifs is 1. The van der Waals surface area contributed by atoms with Crippen LogP contribution in [0.25, 0.3) is 22.3 Å². The van der Waals surface area contributed by atoms with Gasteiger partial charge in [0.15, 0.2) is 5.82 Å². The zero-order valence-corrected chi connectivity index (χ0v) is 12.1. The van der Waals surface area contributed by atoms with Gasteiger partial charge in [0.25, 0.3) is 0 Å². The highest BCUT2D eigenvalue weighted by atomic mass is 15.1. The first kappa shape index (κ1) is 13.9. The molecule has 3 rings (SSSR count). The van der Waals surface area contributed by atoms with Gasteiger partial charge in [0.1, 0.15) is 11.9 Å². The molecule has 6 nitrogen and oxygen atoms in total. The monoisotopic (exact) mass is 290 g/mol. The lowest BCUT2D eigenvalue weighted by atomic mass is 10.2. The number of aromatic nitrogens is 4. The minimum absolute atomic E-state index is 0.295. The van der Waals surface area contributed by atoms with Crippen LogP contribution in [0.5, 0.6) is 0 Å². The van der Waals surface area contributed by atoms with Crippen molar-refractivity contribution in [1.29, 1.82) is 5.26 Å². The molecule has 1 N–H and O–H groups in total. The number of nitrogens with zero attached hydrogens (tertiary/aromatic N) is 5. The number of hydrogen-bond donors (Lipinski definition) is 1. The minimum atomic E-state index is -0.295. The molecule has 0 aliphatic heterocycles. The van der Waals surface area contributed by atoms with Gasteiger partial charge in [-0.2, -0.15) is 5.26 Å². The lowest BCUT2D eigenvalue weighted by Crippen LogP contribution is -2.17. The number of nitriles is 1. The summed E-state index contributed by atoms with van der Waals surface area (Å²) in [6, 6.07) is 7.48. The van der Waals surface area contributed by atoms with Crippen molar-refractivity contribution in [2.24, 2.45) is 0 Å². The Balaban J connectivity index is 2.15. The van der Waals surface area contributed by atoms with E-state index >= 15 is 0 Å². The van der Waals surface area contributed by atoms with Crippen molar-refractivity contribution < 1.29 is 0 Å². The SMILES string of the molecule is CCC(C#N)Nc1nc(-c2ccncc2)nc2cnccc12. The number of rotatable bonds is 4. The summed E-state index contributed by atoms with van der Waals surface area (Å²) in [4.78, 5) is 17.2. The van der Waals surface area contributed by atoms with Crippen molar-refractivity contribution in [3.05, 3.63) is 43.0 Å². The molecule has 0 radical (unpaired) electrons. The number of anilines is 1. The predicted octanol–water partition coefficient (Wildman–Crippen LogP) is 2.80. The highest BCUT2D eigenvalue weighted by molar-refractivity contribution is 5.90. The van der Waals surface area contributed by atoms with Crippen LogP contribution in [0.15, 0.2) is 43.0 Å². The van der Waals surface area contributed by atoms with Crippen LogP contribution in [0.1, 0.15) is 13.3 Å². The molecule has 0 saturated heterocycles. The van der Waals surface area contributed by atoms with Crippen LogP contribution < -0.4 is 5.32 Å². The molecule has 0 aromatic carbocycles. The van der Waals surface area contributed by atoms with E-state index in [0.29, 0.717) is 18.1 Å². The van der Waals surface area contributed by atoms with Crippen molar-refractivity contribution in [2.75, 3.05) is 5.32 Å². The molecule has 0 aliphatic rings. The number of nitrogens with one attached hydrogen (secondary N) is 1. The highest BCUT2D eigenvalue weighted by Crippen LogP contribution is 2.24. The van der Waals surface area contributed by atoms with Crippen molar-refractivity contribution in [2.45, 2.75) is 19.4 Å². The molecule has 1 unspecified atom stereocenters. The van der Waals surface area contributed by atoms with Crippen LogP contribution >= 0.6 is 0 Å². The average molecular weight is 290 g/mol. The van der Waals surface area contributed by atoms with Crippen molar-refractivity contribution >= 4 is 16.7 Å². The molecule has 3 heterocycles. The van der Waals surface area contributed by atoms with Gasteiger partial charge in [0.2, 0.25) is 0 Å². The predicted molar refractivity (Wildman–Crippen MR) is 83.9 cm³/mol. The van der Waals surface area contributed by atoms with E-state index in [1.54, 1.807) is 24.8 Å². The summed E-state index contributed by atoms with van der Waals surface area (Å²) in [5, 5.41) is 13.2. The first-order valence-electron chi connectivity index (χ1n) is 7.00. The van der Waals surface area contributed by atoms with E-state index < -0.39 is 0 Å². The molecule has 22 heavy (non-hydrogen) atoms. The van der Waals surface area contributed by atoms with E-state index in [1.807, 2.05) is 25.1 Å². The first-order valence-corrected chi connectivity index (χ1v) is 7.00. The summed E-state index contributed by atoms with van der Waals surface area (Å²) in [5.41, 5.74) is 1.61. The quantitative estimate of drug-likeness (QED) is 0.795. The summed E-state index contributed by atoms with van der Waals surface area (Å²) in [7, 11) is 0. The standard InChI is InChI=1S/C16H14N6/c1-2-12(9-17)20-16-13-5-8-19-10-14(13)21-15(22-16)11-3-6-18-7-4-11/h3-8,10,12H,2H2,1H3,(H,20,21,22). The van der Waals surface area contributed by atoms with Gasteiger partial charge in [-0.05, 0) is 24.6 Å². The molecule has 0 aliphatic carbocycles. The molecule has 0 bridgehead atoms. The van der Waals surface area contributed by atoms with Gasteiger partial charge in [0.05, 0.1) is 17.8 Å². The zero-order valence-electron chi connectivity index (χ0n) is 12.1. The van der Waals surface area contributed by atoms with Gasteiger partial charge >= 0.3 is 0 Å². The Morgan fingerprint density at radius 1 is 1.14 bits per heavy atom. The third kappa shape index (κ3) is 2.69. The molecule has 108 valence electrons.